The lowest BCUT2D eigenvalue weighted by atomic mass is 9.96. The first-order valence-corrected chi connectivity index (χ1v) is 7.41. The first kappa shape index (κ1) is 11.8. The Morgan fingerprint density at radius 3 is 2.64 bits per heavy atom. The first-order chi connectivity index (χ1) is 10.8. The minimum absolute atomic E-state index is 0.876. The average molecular weight is 283 g/mol. The van der Waals surface area contributed by atoms with E-state index in [9.17, 15) is 0 Å². The summed E-state index contributed by atoms with van der Waals surface area (Å²) in [7, 11) is 0. The molecule has 2 heterocycles. The SMILES string of the molecule is Cc1ccc2nc3c4c(cccc4c2c1)Oc1ccccc1-3. The minimum Gasteiger partial charge on any atom is -0.456 e. The number of pyridine rings is 1. The number of ether oxygens (including phenoxy) is 1. The van der Waals surface area contributed by atoms with E-state index in [1.54, 1.807) is 0 Å². The molecular weight excluding hydrogens is 270 g/mol. The molecule has 2 nitrogen and oxygen atoms in total. The Balaban J connectivity index is 2.04. The highest BCUT2D eigenvalue weighted by Crippen LogP contribution is 2.46. The van der Waals surface area contributed by atoms with Crippen LogP contribution in [0.15, 0.2) is 60.7 Å². The quantitative estimate of drug-likeness (QED) is 0.352. The van der Waals surface area contributed by atoms with Gasteiger partial charge in [-0.2, -0.15) is 0 Å². The molecule has 2 heteroatoms. The van der Waals surface area contributed by atoms with Crippen molar-refractivity contribution in [2.75, 3.05) is 0 Å². The molecule has 0 spiro atoms. The highest BCUT2D eigenvalue weighted by molar-refractivity contribution is 6.14. The minimum atomic E-state index is 0.876. The third kappa shape index (κ3) is 1.47. The third-order valence-corrected chi connectivity index (χ3v) is 4.30. The summed E-state index contributed by atoms with van der Waals surface area (Å²) in [6.07, 6.45) is 0. The second-order valence-corrected chi connectivity index (χ2v) is 5.76. The maximum atomic E-state index is 6.09. The number of aryl methyl sites for hydroxylation is 1. The molecule has 3 aromatic carbocycles. The van der Waals surface area contributed by atoms with Gasteiger partial charge in [-0.15, -0.1) is 0 Å². The van der Waals surface area contributed by atoms with E-state index >= 15 is 0 Å². The van der Waals surface area contributed by atoms with Crippen LogP contribution >= 0.6 is 0 Å². The molecule has 0 unspecified atom stereocenters. The van der Waals surface area contributed by atoms with Crippen LogP contribution in [-0.2, 0) is 0 Å². The van der Waals surface area contributed by atoms with Crippen LogP contribution < -0.4 is 4.74 Å². The van der Waals surface area contributed by atoms with Gasteiger partial charge in [-0.1, -0.05) is 35.9 Å². The molecule has 1 aliphatic heterocycles. The van der Waals surface area contributed by atoms with Crippen LogP contribution in [0.5, 0.6) is 11.5 Å². The van der Waals surface area contributed by atoms with Gasteiger partial charge < -0.3 is 4.74 Å². The van der Waals surface area contributed by atoms with Crippen molar-refractivity contribution < 1.29 is 4.74 Å². The standard InChI is InChI=1S/C20H13NO/c1-12-9-10-16-15(11-12)13-6-4-8-18-19(13)20(21-16)14-5-2-3-7-17(14)22-18/h2-11H,1H3. The zero-order valence-corrected chi connectivity index (χ0v) is 12.1. The van der Waals surface area contributed by atoms with Gasteiger partial charge in [0.2, 0.25) is 0 Å². The molecular formula is C20H13NO. The van der Waals surface area contributed by atoms with Gasteiger partial charge in [0.15, 0.2) is 0 Å². The summed E-state index contributed by atoms with van der Waals surface area (Å²) in [5, 5.41) is 3.50. The van der Waals surface area contributed by atoms with E-state index in [0.717, 1.165) is 33.7 Å². The Morgan fingerprint density at radius 1 is 0.818 bits per heavy atom. The molecule has 4 aromatic rings. The number of nitrogens with zero attached hydrogens (tertiary/aromatic N) is 1. The zero-order chi connectivity index (χ0) is 14.7. The molecule has 104 valence electrons. The van der Waals surface area contributed by atoms with Crippen molar-refractivity contribution in [2.24, 2.45) is 0 Å². The Labute approximate surface area is 128 Å². The first-order valence-electron chi connectivity index (χ1n) is 7.41. The number of para-hydroxylation sites is 1. The van der Waals surface area contributed by atoms with Crippen LogP contribution in [0.2, 0.25) is 0 Å². The molecule has 0 amide bonds. The van der Waals surface area contributed by atoms with E-state index in [4.69, 9.17) is 9.72 Å². The molecule has 22 heavy (non-hydrogen) atoms. The molecule has 0 saturated carbocycles. The topological polar surface area (TPSA) is 22.1 Å². The molecule has 0 radical (unpaired) electrons. The number of hydrogen-bond donors (Lipinski definition) is 0. The molecule has 1 aliphatic rings. The normalized spacial score (nSPS) is 12.2. The Bertz CT molecular complexity index is 1070. The molecule has 0 saturated heterocycles. The number of benzene rings is 3. The largest absolute Gasteiger partial charge is 0.456 e. The summed E-state index contributed by atoms with van der Waals surface area (Å²) in [4.78, 5) is 4.94. The van der Waals surface area contributed by atoms with E-state index in [0.29, 0.717) is 0 Å². The monoisotopic (exact) mass is 283 g/mol. The molecule has 1 aromatic heterocycles. The molecule has 0 bridgehead atoms. The predicted molar refractivity (Wildman–Crippen MR) is 89.5 cm³/mol. The molecule has 0 fully saturated rings. The van der Waals surface area contributed by atoms with Gasteiger partial charge >= 0.3 is 0 Å². The van der Waals surface area contributed by atoms with Gasteiger partial charge in [0, 0.05) is 10.9 Å². The Kier molecular flexibility index (Phi) is 2.18. The fraction of sp³-hybridized carbons (Fsp3) is 0.0500. The van der Waals surface area contributed by atoms with Gasteiger partial charge in [0.1, 0.15) is 11.5 Å². The average Bonchev–Trinajstić information content (AvgIpc) is 2.55. The fourth-order valence-corrected chi connectivity index (χ4v) is 3.29. The van der Waals surface area contributed by atoms with Gasteiger partial charge in [-0.25, -0.2) is 4.98 Å². The van der Waals surface area contributed by atoms with E-state index in [2.05, 4.69) is 43.3 Å². The summed E-state index contributed by atoms with van der Waals surface area (Å²) in [6.45, 7) is 2.11. The zero-order valence-electron chi connectivity index (χ0n) is 12.1. The van der Waals surface area contributed by atoms with Crippen LogP contribution in [0.1, 0.15) is 5.56 Å². The van der Waals surface area contributed by atoms with E-state index in [1.807, 2.05) is 24.3 Å². The summed E-state index contributed by atoms with van der Waals surface area (Å²) in [5.74, 6) is 1.77. The molecule has 0 N–H and O–H groups in total. The van der Waals surface area contributed by atoms with Crippen LogP contribution in [-0.4, -0.2) is 4.98 Å². The lowest BCUT2D eigenvalue weighted by Gasteiger charge is -2.21. The highest BCUT2D eigenvalue weighted by Gasteiger charge is 2.22. The van der Waals surface area contributed by atoms with Gasteiger partial charge in [0.05, 0.1) is 16.6 Å². The van der Waals surface area contributed by atoms with Crippen LogP contribution in [0, 0.1) is 6.92 Å². The maximum Gasteiger partial charge on any atom is 0.137 e. The Morgan fingerprint density at radius 2 is 1.68 bits per heavy atom. The van der Waals surface area contributed by atoms with Gasteiger partial charge in [0.25, 0.3) is 0 Å². The van der Waals surface area contributed by atoms with Crippen molar-refractivity contribution >= 4 is 21.7 Å². The highest BCUT2D eigenvalue weighted by atomic mass is 16.5. The number of rotatable bonds is 0. The molecule has 0 aliphatic carbocycles. The number of hydrogen-bond acceptors (Lipinski definition) is 2. The van der Waals surface area contributed by atoms with Gasteiger partial charge in [-0.05, 0) is 42.6 Å². The van der Waals surface area contributed by atoms with Crippen LogP contribution in [0.4, 0.5) is 0 Å². The van der Waals surface area contributed by atoms with E-state index in [-0.39, 0.29) is 0 Å². The molecule has 0 atom stereocenters. The summed E-state index contributed by atoms with van der Waals surface area (Å²) in [5.41, 5.74) is 4.35. The van der Waals surface area contributed by atoms with E-state index < -0.39 is 0 Å². The van der Waals surface area contributed by atoms with E-state index in [1.165, 1.54) is 16.3 Å². The lowest BCUT2D eigenvalue weighted by Crippen LogP contribution is -1.99. The van der Waals surface area contributed by atoms with Crippen LogP contribution in [0.3, 0.4) is 0 Å². The number of fused-ring (bicyclic) bond motifs is 4. The lowest BCUT2D eigenvalue weighted by molar-refractivity contribution is 0.486. The number of aromatic nitrogens is 1. The van der Waals surface area contributed by atoms with Crippen molar-refractivity contribution in [3.8, 4) is 22.8 Å². The maximum absolute atomic E-state index is 6.09. The fourth-order valence-electron chi connectivity index (χ4n) is 3.29. The summed E-state index contributed by atoms with van der Waals surface area (Å²) >= 11 is 0. The molecule has 5 rings (SSSR count). The van der Waals surface area contributed by atoms with Crippen molar-refractivity contribution in [1.82, 2.24) is 4.98 Å². The summed E-state index contributed by atoms with van der Waals surface area (Å²) < 4.78 is 6.09. The summed E-state index contributed by atoms with van der Waals surface area (Å²) in [6, 6.07) is 20.7. The third-order valence-electron chi connectivity index (χ3n) is 4.30. The van der Waals surface area contributed by atoms with Crippen molar-refractivity contribution in [3.63, 3.8) is 0 Å². The Hall–Kier alpha value is -2.87. The second kappa shape index (κ2) is 4.08. The van der Waals surface area contributed by atoms with Crippen molar-refractivity contribution in [1.29, 1.82) is 0 Å². The van der Waals surface area contributed by atoms with Crippen LogP contribution in [0.25, 0.3) is 32.9 Å². The van der Waals surface area contributed by atoms with Crippen molar-refractivity contribution in [3.05, 3.63) is 66.2 Å². The van der Waals surface area contributed by atoms with Crippen molar-refractivity contribution in [2.45, 2.75) is 6.92 Å². The van der Waals surface area contributed by atoms with Gasteiger partial charge in [-0.3, -0.25) is 0 Å². The second-order valence-electron chi connectivity index (χ2n) is 5.76. The smallest absolute Gasteiger partial charge is 0.137 e. The predicted octanol–water partition coefficient (Wildman–Crippen LogP) is 5.47.